The molecule has 0 bridgehead atoms. The number of thioether (sulfide) groups is 1. The van der Waals surface area contributed by atoms with Gasteiger partial charge in [0.05, 0.1) is 18.6 Å². The minimum atomic E-state index is -0.771. The minimum Gasteiger partial charge on any atom is -0.497 e. The number of aliphatic hydroxyl groups is 1. The number of nitro groups is 1. The summed E-state index contributed by atoms with van der Waals surface area (Å²) in [4.78, 5) is 23.3. The van der Waals surface area contributed by atoms with Gasteiger partial charge < -0.3 is 19.7 Å². The standard InChI is InChI=1S/C20H21N5O5S/c1-24-18(16(11-26)21-19(27)13-7-9-15(30-2)10-8-13)22-23-20(24)31-12-14-5-3-4-6-17(14)25(28)29/h3-10,16,26H,11-12H2,1-2H3,(H,21,27). The molecule has 11 heteroatoms. The zero-order valence-electron chi connectivity index (χ0n) is 16.9. The molecule has 0 saturated heterocycles. The van der Waals surface area contributed by atoms with Crippen molar-refractivity contribution in [2.45, 2.75) is 17.0 Å². The highest BCUT2D eigenvalue weighted by molar-refractivity contribution is 7.98. The van der Waals surface area contributed by atoms with Crippen molar-refractivity contribution in [3.63, 3.8) is 0 Å². The van der Waals surface area contributed by atoms with Crippen LogP contribution in [0.15, 0.2) is 53.7 Å². The van der Waals surface area contributed by atoms with Crippen molar-refractivity contribution in [1.29, 1.82) is 0 Å². The highest BCUT2D eigenvalue weighted by Gasteiger charge is 2.22. The molecule has 2 aromatic carbocycles. The van der Waals surface area contributed by atoms with Crippen LogP contribution in [0.2, 0.25) is 0 Å². The second kappa shape index (κ2) is 10.0. The number of aliphatic hydroxyl groups excluding tert-OH is 1. The molecule has 0 aliphatic carbocycles. The second-order valence-corrected chi connectivity index (χ2v) is 7.45. The molecule has 0 radical (unpaired) electrons. The van der Waals surface area contributed by atoms with E-state index in [-0.39, 0.29) is 18.2 Å². The number of nitrogens with one attached hydrogen (secondary N) is 1. The lowest BCUT2D eigenvalue weighted by molar-refractivity contribution is -0.385. The molecule has 1 aromatic heterocycles. The Morgan fingerprint density at radius 2 is 1.97 bits per heavy atom. The Morgan fingerprint density at radius 3 is 2.61 bits per heavy atom. The van der Waals surface area contributed by atoms with Gasteiger partial charge >= 0.3 is 0 Å². The van der Waals surface area contributed by atoms with Crippen molar-refractivity contribution in [3.8, 4) is 5.75 Å². The van der Waals surface area contributed by atoms with Gasteiger partial charge in [0.2, 0.25) is 0 Å². The lowest BCUT2D eigenvalue weighted by Gasteiger charge is -2.16. The second-order valence-electron chi connectivity index (χ2n) is 6.51. The molecule has 1 unspecified atom stereocenters. The first-order valence-electron chi connectivity index (χ1n) is 9.24. The summed E-state index contributed by atoms with van der Waals surface area (Å²) >= 11 is 1.28. The molecule has 1 atom stereocenters. The molecule has 31 heavy (non-hydrogen) atoms. The van der Waals surface area contributed by atoms with E-state index in [0.717, 1.165) is 0 Å². The van der Waals surface area contributed by atoms with Crippen LogP contribution in [0.5, 0.6) is 5.75 Å². The number of hydrogen-bond acceptors (Lipinski definition) is 8. The predicted octanol–water partition coefficient (Wildman–Crippen LogP) is 2.49. The fourth-order valence-corrected chi connectivity index (χ4v) is 3.80. The molecule has 3 rings (SSSR count). The largest absolute Gasteiger partial charge is 0.497 e. The number of amides is 1. The third kappa shape index (κ3) is 5.19. The van der Waals surface area contributed by atoms with Crippen LogP contribution in [0.25, 0.3) is 0 Å². The van der Waals surface area contributed by atoms with Gasteiger partial charge in [0.15, 0.2) is 11.0 Å². The molecule has 3 aromatic rings. The molecule has 0 aliphatic heterocycles. The number of hydrogen-bond donors (Lipinski definition) is 2. The van der Waals surface area contributed by atoms with Crippen LogP contribution in [-0.4, -0.2) is 44.4 Å². The van der Waals surface area contributed by atoms with Gasteiger partial charge in [-0.2, -0.15) is 0 Å². The number of carbonyl (C=O) groups is 1. The lowest BCUT2D eigenvalue weighted by atomic mass is 10.2. The van der Waals surface area contributed by atoms with Crippen molar-refractivity contribution in [2.75, 3.05) is 13.7 Å². The van der Waals surface area contributed by atoms with E-state index in [0.29, 0.717) is 33.6 Å². The molecule has 1 heterocycles. The zero-order chi connectivity index (χ0) is 22.4. The Labute approximate surface area is 182 Å². The summed E-state index contributed by atoms with van der Waals surface area (Å²) in [7, 11) is 3.25. The summed E-state index contributed by atoms with van der Waals surface area (Å²) in [6.07, 6.45) is 0. The predicted molar refractivity (Wildman–Crippen MR) is 114 cm³/mol. The first kappa shape index (κ1) is 22.2. The maximum Gasteiger partial charge on any atom is 0.273 e. The van der Waals surface area contributed by atoms with E-state index in [2.05, 4.69) is 15.5 Å². The Balaban J connectivity index is 1.71. The minimum absolute atomic E-state index is 0.0392. The molecule has 0 aliphatic rings. The average Bonchev–Trinajstić information content (AvgIpc) is 3.16. The molecule has 1 amide bonds. The van der Waals surface area contributed by atoms with E-state index < -0.39 is 11.0 Å². The van der Waals surface area contributed by atoms with Crippen LogP contribution in [0.3, 0.4) is 0 Å². The van der Waals surface area contributed by atoms with E-state index in [1.165, 1.54) is 24.9 Å². The summed E-state index contributed by atoms with van der Waals surface area (Å²) < 4.78 is 6.73. The molecule has 10 nitrogen and oxygen atoms in total. The Kier molecular flexibility index (Phi) is 7.21. The molecular weight excluding hydrogens is 422 g/mol. The van der Waals surface area contributed by atoms with Crippen LogP contribution in [0.1, 0.15) is 27.8 Å². The van der Waals surface area contributed by atoms with Crippen molar-refractivity contribution in [1.82, 2.24) is 20.1 Å². The van der Waals surface area contributed by atoms with E-state index >= 15 is 0 Å². The van der Waals surface area contributed by atoms with E-state index in [1.807, 2.05) is 0 Å². The smallest absolute Gasteiger partial charge is 0.273 e. The quantitative estimate of drug-likeness (QED) is 0.293. The molecule has 0 fully saturated rings. The van der Waals surface area contributed by atoms with Gasteiger partial charge in [0.25, 0.3) is 11.6 Å². The number of rotatable bonds is 9. The van der Waals surface area contributed by atoms with Crippen molar-refractivity contribution in [3.05, 3.63) is 75.6 Å². The molecule has 0 spiro atoms. The zero-order valence-corrected chi connectivity index (χ0v) is 17.7. The summed E-state index contributed by atoms with van der Waals surface area (Å²) in [5.41, 5.74) is 1.01. The topological polar surface area (TPSA) is 132 Å². The van der Waals surface area contributed by atoms with Gasteiger partial charge in [0.1, 0.15) is 11.8 Å². The maximum absolute atomic E-state index is 12.5. The highest BCUT2D eigenvalue weighted by atomic mass is 32.2. The molecule has 2 N–H and O–H groups in total. The van der Waals surface area contributed by atoms with Crippen molar-refractivity contribution in [2.24, 2.45) is 7.05 Å². The fraction of sp³-hybridized carbons (Fsp3) is 0.250. The van der Waals surface area contributed by atoms with Gasteiger partial charge in [-0.1, -0.05) is 30.0 Å². The van der Waals surface area contributed by atoms with Gasteiger partial charge in [-0.05, 0) is 24.3 Å². The highest BCUT2D eigenvalue weighted by Crippen LogP contribution is 2.27. The Morgan fingerprint density at radius 1 is 1.26 bits per heavy atom. The van der Waals surface area contributed by atoms with Crippen molar-refractivity contribution >= 4 is 23.4 Å². The average molecular weight is 443 g/mol. The Bertz CT molecular complexity index is 1070. The summed E-state index contributed by atoms with van der Waals surface area (Å²) in [5.74, 6) is 0.947. The van der Waals surface area contributed by atoms with Gasteiger partial charge in [-0.15, -0.1) is 10.2 Å². The third-order valence-corrected chi connectivity index (χ3v) is 5.63. The monoisotopic (exact) mass is 443 g/mol. The number of para-hydroxylation sites is 1. The number of aromatic nitrogens is 3. The first-order chi connectivity index (χ1) is 14.9. The maximum atomic E-state index is 12.5. The Hall–Kier alpha value is -3.44. The lowest BCUT2D eigenvalue weighted by Crippen LogP contribution is -2.32. The van der Waals surface area contributed by atoms with Crippen LogP contribution < -0.4 is 10.1 Å². The third-order valence-electron chi connectivity index (χ3n) is 4.57. The summed E-state index contributed by atoms with van der Waals surface area (Å²) in [6.45, 7) is -0.372. The number of benzene rings is 2. The molecular formula is C20H21N5O5S. The number of ether oxygens (including phenoxy) is 1. The van der Waals surface area contributed by atoms with Crippen LogP contribution in [0, 0.1) is 10.1 Å². The fourth-order valence-electron chi connectivity index (χ4n) is 2.88. The van der Waals surface area contributed by atoms with Crippen molar-refractivity contribution < 1.29 is 19.6 Å². The number of nitro benzene ring substituents is 1. The number of carbonyl (C=O) groups excluding carboxylic acids is 1. The van der Waals surface area contributed by atoms with E-state index in [1.54, 1.807) is 54.1 Å². The summed E-state index contributed by atoms with van der Waals surface area (Å²) in [5, 5.41) is 32.4. The van der Waals surface area contributed by atoms with Crippen LogP contribution in [0.4, 0.5) is 5.69 Å². The number of methoxy groups -OCH3 is 1. The van der Waals surface area contributed by atoms with Gasteiger partial charge in [-0.25, -0.2) is 0 Å². The number of nitrogens with zero attached hydrogens (tertiary/aromatic N) is 4. The molecule has 0 saturated carbocycles. The van der Waals surface area contributed by atoms with E-state index in [9.17, 15) is 20.0 Å². The van der Waals surface area contributed by atoms with Gasteiger partial charge in [-0.3, -0.25) is 14.9 Å². The molecule has 162 valence electrons. The van der Waals surface area contributed by atoms with Gasteiger partial charge in [0, 0.05) is 30.0 Å². The summed E-state index contributed by atoms with van der Waals surface area (Å²) in [6, 6.07) is 12.3. The SMILES string of the molecule is COc1ccc(C(=O)NC(CO)c2nnc(SCc3ccccc3[N+](=O)[O-])n2C)cc1. The normalized spacial score (nSPS) is 11.7. The van der Waals surface area contributed by atoms with Crippen LogP contribution in [-0.2, 0) is 12.8 Å². The first-order valence-corrected chi connectivity index (χ1v) is 10.2. The van der Waals surface area contributed by atoms with E-state index in [4.69, 9.17) is 4.74 Å². The van der Waals surface area contributed by atoms with Crippen LogP contribution >= 0.6 is 11.8 Å².